The maximum Gasteiger partial charge on any atom is 0.248 e. The van der Waals surface area contributed by atoms with E-state index in [-0.39, 0.29) is 11.7 Å². The van der Waals surface area contributed by atoms with E-state index in [2.05, 4.69) is 5.32 Å². The molecule has 0 fully saturated rings. The molecule has 3 nitrogen and oxygen atoms in total. The summed E-state index contributed by atoms with van der Waals surface area (Å²) in [5.74, 6) is -0.147. The molecule has 114 valence electrons. The summed E-state index contributed by atoms with van der Waals surface area (Å²) in [6.07, 6.45) is 2.97. The molecular formula is C17H15ClFNO2. The Kier molecular flexibility index (Phi) is 5.17. The molecule has 0 atom stereocenters. The van der Waals surface area contributed by atoms with Gasteiger partial charge in [0.2, 0.25) is 5.91 Å². The van der Waals surface area contributed by atoms with Gasteiger partial charge in [-0.1, -0.05) is 23.7 Å². The van der Waals surface area contributed by atoms with Crippen LogP contribution < -0.4 is 10.1 Å². The fourth-order valence-corrected chi connectivity index (χ4v) is 2.00. The minimum absolute atomic E-state index is 0.315. The Hall–Kier alpha value is -2.33. The maximum atomic E-state index is 12.8. The molecular weight excluding hydrogens is 305 g/mol. The molecule has 0 radical (unpaired) electrons. The molecule has 1 N–H and O–H groups in total. The largest absolute Gasteiger partial charge is 0.495 e. The number of amides is 1. The van der Waals surface area contributed by atoms with Crippen LogP contribution in [0.3, 0.4) is 0 Å². The zero-order chi connectivity index (χ0) is 16.1. The summed E-state index contributed by atoms with van der Waals surface area (Å²) in [6, 6.07) is 9.24. The van der Waals surface area contributed by atoms with E-state index in [0.717, 1.165) is 11.1 Å². The lowest BCUT2D eigenvalue weighted by atomic mass is 10.2. The summed E-state index contributed by atoms with van der Waals surface area (Å²) in [6.45, 7) is 1.84. The molecule has 0 unspecified atom stereocenters. The molecule has 2 rings (SSSR count). The van der Waals surface area contributed by atoms with E-state index in [1.54, 1.807) is 30.3 Å². The third-order valence-corrected chi connectivity index (χ3v) is 3.44. The van der Waals surface area contributed by atoms with Gasteiger partial charge in [-0.15, -0.1) is 0 Å². The van der Waals surface area contributed by atoms with Crippen molar-refractivity contribution in [3.8, 4) is 5.75 Å². The van der Waals surface area contributed by atoms with Crippen LogP contribution in [0.5, 0.6) is 5.75 Å². The Labute approximate surface area is 133 Å². The van der Waals surface area contributed by atoms with Crippen LogP contribution >= 0.6 is 11.6 Å². The van der Waals surface area contributed by atoms with Crippen LogP contribution in [0.1, 0.15) is 11.1 Å². The number of ether oxygens (including phenoxy) is 1. The summed E-state index contributed by atoms with van der Waals surface area (Å²) in [7, 11) is 1.50. The number of halogens is 2. The number of methoxy groups -OCH3 is 1. The van der Waals surface area contributed by atoms with Gasteiger partial charge in [0.05, 0.1) is 12.8 Å². The second-order valence-electron chi connectivity index (χ2n) is 4.68. The summed E-state index contributed by atoms with van der Waals surface area (Å²) in [4.78, 5) is 12.0. The lowest BCUT2D eigenvalue weighted by Gasteiger charge is -2.11. The van der Waals surface area contributed by atoms with Gasteiger partial charge in [-0.3, -0.25) is 4.79 Å². The lowest BCUT2D eigenvalue weighted by Crippen LogP contribution is -2.09. The quantitative estimate of drug-likeness (QED) is 0.846. The van der Waals surface area contributed by atoms with Gasteiger partial charge in [0.15, 0.2) is 0 Å². The van der Waals surface area contributed by atoms with Crippen molar-refractivity contribution in [3.05, 3.63) is 64.4 Å². The van der Waals surface area contributed by atoms with Crippen molar-refractivity contribution >= 4 is 29.3 Å². The standard InChI is InChI=1S/C17H15ClFNO2/c1-11-9-15(16(22-2)10-14(11)18)20-17(21)8-5-12-3-6-13(19)7-4-12/h3-10H,1-2H3,(H,20,21). The summed E-state index contributed by atoms with van der Waals surface area (Å²) in [5.41, 5.74) is 2.11. The van der Waals surface area contributed by atoms with Crippen molar-refractivity contribution < 1.29 is 13.9 Å². The van der Waals surface area contributed by atoms with Gasteiger partial charge in [0, 0.05) is 17.2 Å². The van der Waals surface area contributed by atoms with E-state index in [1.165, 1.54) is 25.3 Å². The molecule has 0 saturated carbocycles. The van der Waals surface area contributed by atoms with Gasteiger partial charge >= 0.3 is 0 Å². The highest BCUT2D eigenvalue weighted by Gasteiger charge is 2.08. The number of hydrogen-bond donors (Lipinski definition) is 1. The van der Waals surface area contributed by atoms with Crippen LogP contribution in [0.15, 0.2) is 42.5 Å². The van der Waals surface area contributed by atoms with Crippen LogP contribution in [0.4, 0.5) is 10.1 Å². The zero-order valence-corrected chi connectivity index (χ0v) is 12.9. The van der Waals surface area contributed by atoms with E-state index in [0.29, 0.717) is 16.5 Å². The number of aryl methyl sites for hydroxylation is 1. The van der Waals surface area contributed by atoms with E-state index < -0.39 is 0 Å². The van der Waals surface area contributed by atoms with E-state index in [4.69, 9.17) is 16.3 Å². The monoisotopic (exact) mass is 319 g/mol. The van der Waals surface area contributed by atoms with Crippen LogP contribution in [0, 0.1) is 12.7 Å². The highest BCUT2D eigenvalue weighted by atomic mass is 35.5. The molecule has 0 heterocycles. The van der Waals surface area contributed by atoms with Crippen LogP contribution in [-0.4, -0.2) is 13.0 Å². The smallest absolute Gasteiger partial charge is 0.248 e. The van der Waals surface area contributed by atoms with Gasteiger partial charge < -0.3 is 10.1 Å². The summed E-state index contributed by atoms with van der Waals surface area (Å²) in [5, 5.41) is 3.29. The highest BCUT2D eigenvalue weighted by Crippen LogP contribution is 2.30. The lowest BCUT2D eigenvalue weighted by molar-refractivity contribution is -0.111. The van der Waals surface area contributed by atoms with Gasteiger partial charge in [-0.25, -0.2) is 4.39 Å². The number of carbonyl (C=O) groups is 1. The average molecular weight is 320 g/mol. The molecule has 0 saturated heterocycles. The first kappa shape index (κ1) is 16.0. The summed E-state index contributed by atoms with van der Waals surface area (Å²) >= 11 is 6.02. The van der Waals surface area contributed by atoms with Crippen molar-refractivity contribution in [3.63, 3.8) is 0 Å². The zero-order valence-electron chi connectivity index (χ0n) is 12.2. The van der Waals surface area contributed by atoms with Crippen molar-refractivity contribution in [2.24, 2.45) is 0 Å². The number of hydrogen-bond acceptors (Lipinski definition) is 2. The number of anilines is 1. The highest BCUT2D eigenvalue weighted by molar-refractivity contribution is 6.31. The van der Waals surface area contributed by atoms with Gasteiger partial charge in [-0.2, -0.15) is 0 Å². The fraction of sp³-hybridized carbons (Fsp3) is 0.118. The molecule has 22 heavy (non-hydrogen) atoms. The Morgan fingerprint density at radius 1 is 1.27 bits per heavy atom. The number of benzene rings is 2. The van der Waals surface area contributed by atoms with Crippen molar-refractivity contribution in [2.45, 2.75) is 6.92 Å². The normalized spacial score (nSPS) is 10.7. The average Bonchev–Trinajstić information content (AvgIpc) is 2.50. The molecule has 2 aromatic rings. The SMILES string of the molecule is COc1cc(Cl)c(C)cc1NC(=O)C=Cc1ccc(F)cc1. The molecule has 5 heteroatoms. The van der Waals surface area contributed by atoms with Crippen LogP contribution in [0.25, 0.3) is 6.08 Å². The van der Waals surface area contributed by atoms with Crippen molar-refractivity contribution in [2.75, 3.05) is 12.4 Å². The third-order valence-electron chi connectivity index (χ3n) is 3.04. The molecule has 0 aliphatic carbocycles. The third kappa shape index (κ3) is 4.09. The second-order valence-corrected chi connectivity index (χ2v) is 5.08. The number of carbonyl (C=O) groups excluding carboxylic acids is 1. The van der Waals surface area contributed by atoms with Gasteiger partial charge in [0.1, 0.15) is 11.6 Å². The van der Waals surface area contributed by atoms with E-state index in [1.807, 2.05) is 6.92 Å². The first-order chi connectivity index (χ1) is 10.5. The Bertz CT molecular complexity index is 711. The number of nitrogens with one attached hydrogen (secondary N) is 1. The topological polar surface area (TPSA) is 38.3 Å². The van der Waals surface area contributed by atoms with Crippen molar-refractivity contribution in [1.29, 1.82) is 0 Å². The predicted octanol–water partition coefficient (Wildman–Crippen LogP) is 4.45. The maximum absolute atomic E-state index is 12.8. The van der Waals surface area contributed by atoms with Crippen molar-refractivity contribution in [1.82, 2.24) is 0 Å². The predicted molar refractivity (Wildman–Crippen MR) is 86.8 cm³/mol. The molecule has 0 aromatic heterocycles. The Morgan fingerprint density at radius 2 is 1.95 bits per heavy atom. The molecule has 1 amide bonds. The summed E-state index contributed by atoms with van der Waals surface area (Å²) < 4.78 is 18.0. The minimum Gasteiger partial charge on any atom is -0.495 e. The Balaban J connectivity index is 2.12. The first-order valence-electron chi connectivity index (χ1n) is 6.58. The van der Waals surface area contributed by atoms with Gasteiger partial charge in [-0.05, 0) is 42.3 Å². The van der Waals surface area contributed by atoms with Crippen LogP contribution in [-0.2, 0) is 4.79 Å². The molecule has 0 spiro atoms. The molecule has 2 aromatic carbocycles. The molecule has 0 aliphatic heterocycles. The van der Waals surface area contributed by atoms with Crippen LogP contribution in [0.2, 0.25) is 5.02 Å². The minimum atomic E-state index is -0.317. The Morgan fingerprint density at radius 3 is 2.59 bits per heavy atom. The number of rotatable bonds is 4. The van der Waals surface area contributed by atoms with E-state index >= 15 is 0 Å². The second kappa shape index (κ2) is 7.09. The molecule has 0 bridgehead atoms. The molecule has 0 aliphatic rings. The van der Waals surface area contributed by atoms with E-state index in [9.17, 15) is 9.18 Å². The fourth-order valence-electron chi connectivity index (χ4n) is 1.85. The first-order valence-corrected chi connectivity index (χ1v) is 6.96. The van der Waals surface area contributed by atoms with Gasteiger partial charge in [0.25, 0.3) is 0 Å².